The molecule has 0 aliphatic carbocycles. The topological polar surface area (TPSA) is 38.3 Å². The SMILES string of the molecule is Cc1cc(C)cc(O[C@H](C)C(=O)N[C@H](C)c2ccc(C)cc2C)c1. The van der Waals surface area contributed by atoms with Crippen LogP contribution in [-0.4, -0.2) is 12.0 Å². The third kappa shape index (κ3) is 4.60. The van der Waals surface area contributed by atoms with E-state index in [0.717, 1.165) is 22.4 Å². The van der Waals surface area contributed by atoms with E-state index in [2.05, 4.69) is 43.4 Å². The molecule has 2 aromatic rings. The Balaban J connectivity index is 2.02. The number of nitrogens with one attached hydrogen (secondary N) is 1. The Labute approximate surface area is 145 Å². The molecule has 128 valence electrons. The second kappa shape index (κ2) is 7.52. The van der Waals surface area contributed by atoms with Gasteiger partial charge in [-0.1, -0.05) is 29.8 Å². The first-order valence-corrected chi connectivity index (χ1v) is 8.38. The predicted molar refractivity (Wildman–Crippen MR) is 98.5 cm³/mol. The smallest absolute Gasteiger partial charge is 0.261 e. The van der Waals surface area contributed by atoms with E-state index in [1.807, 2.05) is 32.9 Å². The lowest BCUT2D eigenvalue weighted by Gasteiger charge is -2.21. The van der Waals surface area contributed by atoms with Gasteiger partial charge in [0.25, 0.3) is 5.91 Å². The summed E-state index contributed by atoms with van der Waals surface area (Å²) in [6, 6.07) is 12.2. The summed E-state index contributed by atoms with van der Waals surface area (Å²) in [7, 11) is 0. The Hall–Kier alpha value is -2.29. The first kappa shape index (κ1) is 18.1. The van der Waals surface area contributed by atoms with Crippen LogP contribution in [0, 0.1) is 27.7 Å². The van der Waals surface area contributed by atoms with Crippen LogP contribution in [0.2, 0.25) is 0 Å². The zero-order valence-electron chi connectivity index (χ0n) is 15.4. The van der Waals surface area contributed by atoms with E-state index < -0.39 is 6.10 Å². The van der Waals surface area contributed by atoms with Gasteiger partial charge < -0.3 is 10.1 Å². The van der Waals surface area contributed by atoms with Gasteiger partial charge >= 0.3 is 0 Å². The molecule has 2 atom stereocenters. The molecule has 0 aliphatic rings. The Morgan fingerprint density at radius 3 is 2.12 bits per heavy atom. The van der Waals surface area contributed by atoms with Gasteiger partial charge in [-0.3, -0.25) is 4.79 Å². The van der Waals surface area contributed by atoms with Crippen LogP contribution in [0.25, 0.3) is 0 Å². The number of aryl methyl sites for hydroxylation is 4. The summed E-state index contributed by atoms with van der Waals surface area (Å²) in [5.41, 5.74) is 5.79. The van der Waals surface area contributed by atoms with Crippen LogP contribution in [0.5, 0.6) is 5.75 Å². The highest BCUT2D eigenvalue weighted by Gasteiger charge is 2.18. The molecule has 0 heterocycles. The monoisotopic (exact) mass is 325 g/mol. The number of benzene rings is 2. The molecule has 0 unspecified atom stereocenters. The fourth-order valence-electron chi connectivity index (χ4n) is 2.98. The van der Waals surface area contributed by atoms with Crippen LogP contribution < -0.4 is 10.1 Å². The Morgan fingerprint density at radius 1 is 0.917 bits per heavy atom. The molecule has 0 aliphatic heterocycles. The van der Waals surface area contributed by atoms with Gasteiger partial charge in [-0.2, -0.15) is 0 Å². The number of carbonyl (C=O) groups is 1. The fourth-order valence-corrected chi connectivity index (χ4v) is 2.98. The third-order valence-corrected chi connectivity index (χ3v) is 4.13. The highest BCUT2D eigenvalue weighted by Crippen LogP contribution is 2.20. The molecule has 1 N–H and O–H groups in total. The largest absolute Gasteiger partial charge is 0.481 e. The molecular weight excluding hydrogens is 298 g/mol. The summed E-state index contributed by atoms with van der Waals surface area (Å²) >= 11 is 0. The Bertz CT molecular complexity index is 716. The molecule has 0 aromatic heterocycles. The van der Waals surface area contributed by atoms with Crippen LogP contribution in [0.4, 0.5) is 0 Å². The molecule has 0 radical (unpaired) electrons. The lowest BCUT2D eigenvalue weighted by Crippen LogP contribution is -2.38. The maximum absolute atomic E-state index is 12.4. The Kier molecular flexibility index (Phi) is 5.66. The number of hydrogen-bond acceptors (Lipinski definition) is 2. The highest BCUT2D eigenvalue weighted by molar-refractivity contribution is 5.81. The van der Waals surface area contributed by atoms with Gasteiger partial charge in [-0.05, 0) is 75.9 Å². The van der Waals surface area contributed by atoms with Crippen LogP contribution >= 0.6 is 0 Å². The summed E-state index contributed by atoms with van der Waals surface area (Å²) in [5, 5.41) is 3.04. The molecule has 0 fully saturated rings. The van der Waals surface area contributed by atoms with Crippen molar-refractivity contribution in [1.29, 1.82) is 0 Å². The van der Waals surface area contributed by atoms with Crippen molar-refractivity contribution < 1.29 is 9.53 Å². The van der Waals surface area contributed by atoms with E-state index in [1.165, 1.54) is 11.1 Å². The molecule has 0 spiro atoms. The number of amides is 1. The minimum atomic E-state index is -0.542. The zero-order valence-corrected chi connectivity index (χ0v) is 15.4. The number of carbonyl (C=O) groups excluding carboxylic acids is 1. The quantitative estimate of drug-likeness (QED) is 0.875. The van der Waals surface area contributed by atoms with Gasteiger partial charge in [0, 0.05) is 0 Å². The third-order valence-electron chi connectivity index (χ3n) is 4.13. The average molecular weight is 325 g/mol. The number of rotatable bonds is 5. The summed E-state index contributed by atoms with van der Waals surface area (Å²) in [6.45, 7) is 12.0. The van der Waals surface area contributed by atoms with Gasteiger partial charge in [0.05, 0.1) is 6.04 Å². The minimum Gasteiger partial charge on any atom is -0.481 e. The lowest BCUT2D eigenvalue weighted by atomic mass is 10.00. The summed E-state index contributed by atoms with van der Waals surface area (Å²) < 4.78 is 5.81. The van der Waals surface area contributed by atoms with Crippen molar-refractivity contribution in [3.8, 4) is 5.75 Å². The van der Waals surface area contributed by atoms with Crippen LogP contribution in [-0.2, 0) is 4.79 Å². The van der Waals surface area contributed by atoms with Crippen molar-refractivity contribution in [3.05, 3.63) is 64.2 Å². The second-order valence-corrected chi connectivity index (χ2v) is 6.67. The summed E-state index contributed by atoms with van der Waals surface area (Å²) in [4.78, 5) is 12.4. The van der Waals surface area contributed by atoms with Crippen molar-refractivity contribution in [2.24, 2.45) is 0 Å². The van der Waals surface area contributed by atoms with E-state index >= 15 is 0 Å². The van der Waals surface area contributed by atoms with Gasteiger partial charge in [0.15, 0.2) is 6.10 Å². The van der Waals surface area contributed by atoms with E-state index in [9.17, 15) is 4.79 Å². The normalized spacial score (nSPS) is 13.2. The van der Waals surface area contributed by atoms with Crippen molar-refractivity contribution >= 4 is 5.91 Å². The number of hydrogen-bond donors (Lipinski definition) is 1. The minimum absolute atomic E-state index is 0.0524. The lowest BCUT2D eigenvalue weighted by molar-refractivity contribution is -0.127. The van der Waals surface area contributed by atoms with Gasteiger partial charge in [-0.25, -0.2) is 0 Å². The molecule has 2 aromatic carbocycles. The molecule has 3 nitrogen and oxygen atoms in total. The predicted octanol–water partition coefficient (Wildman–Crippen LogP) is 4.56. The van der Waals surface area contributed by atoms with Gasteiger partial charge in [0.2, 0.25) is 0 Å². The maximum Gasteiger partial charge on any atom is 0.261 e. The van der Waals surface area contributed by atoms with E-state index in [-0.39, 0.29) is 11.9 Å². The second-order valence-electron chi connectivity index (χ2n) is 6.67. The fraction of sp³-hybridized carbons (Fsp3) is 0.381. The van der Waals surface area contributed by atoms with E-state index in [4.69, 9.17) is 4.74 Å². The van der Waals surface area contributed by atoms with Crippen molar-refractivity contribution in [3.63, 3.8) is 0 Å². The Morgan fingerprint density at radius 2 is 1.54 bits per heavy atom. The van der Waals surface area contributed by atoms with Crippen molar-refractivity contribution in [2.45, 2.75) is 53.7 Å². The zero-order chi connectivity index (χ0) is 17.9. The van der Waals surface area contributed by atoms with Gasteiger partial charge in [0.1, 0.15) is 5.75 Å². The molecular formula is C21H27NO2. The van der Waals surface area contributed by atoms with Gasteiger partial charge in [-0.15, -0.1) is 0 Å². The molecule has 3 heteroatoms. The average Bonchev–Trinajstić information content (AvgIpc) is 2.45. The molecule has 0 saturated heterocycles. The molecule has 24 heavy (non-hydrogen) atoms. The van der Waals surface area contributed by atoms with E-state index in [0.29, 0.717) is 0 Å². The van der Waals surface area contributed by atoms with Crippen molar-refractivity contribution in [2.75, 3.05) is 0 Å². The number of ether oxygens (including phenoxy) is 1. The standard InChI is InChI=1S/C21H27NO2/c1-13-7-8-20(16(4)10-13)17(5)22-21(23)18(6)24-19-11-14(2)9-15(3)12-19/h7-12,17-18H,1-6H3,(H,22,23)/t17-,18-/m1/s1. The summed E-state index contributed by atoms with van der Waals surface area (Å²) in [6.07, 6.45) is -0.542. The van der Waals surface area contributed by atoms with Crippen LogP contribution in [0.15, 0.2) is 36.4 Å². The first-order valence-electron chi connectivity index (χ1n) is 8.38. The molecule has 1 amide bonds. The van der Waals surface area contributed by atoms with Crippen molar-refractivity contribution in [1.82, 2.24) is 5.32 Å². The van der Waals surface area contributed by atoms with E-state index in [1.54, 1.807) is 6.92 Å². The maximum atomic E-state index is 12.4. The van der Waals surface area contributed by atoms with Crippen LogP contribution in [0.3, 0.4) is 0 Å². The highest BCUT2D eigenvalue weighted by atomic mass is 16.5. The molecule has 0 bridgehead atoms. The molecule has 2 rings (SSSR count). The van der Waals surface area contributed by atoms with Crippen LogP contribution in [0.1, 0.15) is 47.7 Å². The molecule has 0 saturated carbocycles. The summed E-state index contributed by atoms with van der Waals surface area (Å²) in [5.74, 6) is 0.621. The first-order chi connectivity index (χ1) is 11.3.